The molecule has 0 aliphatic heterocycles. The van der Waals surface area contributed by atoms with Crippen molar-refractivity contribution in [2.45, 2.75) is 0 Å². The first-order valence-electron chi connectivity index (χ1n) is 4.84. The zero-order valence-corrected chi connectivity index (χ0v) is 9.48. The van der Waals surface area contributed by atoms with Crippen molar-refractivity contribution in [3.05, 3.63) is 52.8 Å². The standard InChI is InChI=1S/C11H9ClN4O/c12-9-3-1-8(2-4-9)7-14-16-11(17)10-5-6-13-15-10/h1-7H,(H,13,15)(H,16,17)/b14-7+. The van der Waals surface area contributed by atoms with Gasteiger partial charge in [0.1, 0.15) is 5.69 Å². The van der Waals surface area contributed by atoms with E-state index in [2.05, 4.69) is 20.7 Å². The lowest BCUT2D eigenvalue weighted by Crippen LogP contribution is -2.17. The van der Waals surface area contributed by atoms with Crippen molar-refractivity contribution in [1.82, 2.24) is 15.6 Å². The van der Waals surface area contributed by atoms with Crippen LogP contribution < -0.4 is 5.43 Å². The maximum atomic E-state index is 11.4. The molecule has 1 amide bonds. The maximum Gasteiger partial charge on any atom is 0.289 e. The van der Waals surface area contributed by atoms with Crippen LogP contribution in [0.1, 0.15) is 16.1 Å². The Morgan fingerprint density at radius 3 is 2.76 bits per heavy atom. The summed E-state index contributed by atoms with van der Waals surface area (Å²) in [6.07, 6.45) is 3.03. The Balaban J connectivity index is 1.94. The Labute approximate surface area is 102 Å². The molecular weight excluding hydrogens is 240 g/mol. The number of carbonyl (C=O) groups is 1. The Morgan fingerprint density at radius 2 is 2.12 bits per heavy atom. The summed E-state index contributed by atoms with van der Waals surface area (Å²) in [7, 11) is 0. The van der Waals surface area contributed by atoms with Crippen LogP contribution in [0, 0.1) is 0 Å². The Bertz CT molecular complexity index is 519. The first-order chi connectivity index (χ1) is 8.25. The third kappa shape index (κ3) is 3.15. The van der Waals surface area contributed by atoms with Crippen LogP contribution in [0.2, 0.25) is 5.02 Å². The number of aromatic amines is 1. The first-order valence-corrected chi connectivity index (χ1v) is 5.22. The van der Waals surface area contributed by atoms with Crippen LogP contribution in [0.15, 0.2) is 41.6 Å². The molecule has 0 aliphatic carbocycles. The molecule has 0 fully saturated rings. The molecule has 86 valence electrons. The normalized spacial score (nSPS) is 10.6. The molecule has 2 rings (SSSR count). The molecular formula is C11H9ClN4O. The maximum absolute atomic E-state index is 11.4. The predicted molar refractivity (Wildman–Crippen MR) is 65.1 cm³/mol. The molecule has 1 heterocycles. The van der Waals surface area contributed by atoms with Crippen molar-refractivity contribution in [1.29, 1.82) is 0 Å². The number of carbonyl (C=O) groups excluding carboxylic acids is 1. The molecule has 6 heteroatoms. The van der Waals surface area contributed by atoms with Crippen molar-refractivity contribution < 1.29 is 4.79 Å². The van der Waals surface area contributed by atoms with Crippen molar-refractivity contribution >= 4 is 23.7 Å². The summed E-state index contributed by atoms with van der Waals surface area (Å²) in [6.45, 7) is 0. The number of amides is 1. The molecule has 2 N–H and O–H groups in total. The Hall–Kier alpha value is -2.14. The van der Waals surface area contributed by atoms with Crippen LogP contribution in [0.5, 0.6) is 0 Å². The number of hydrazone groups is 1. The number of hydrogen-bond donors (Lipinski definition) is 2. The number of halogens is 1. The van der Waals surface area contributed by atoms with Gasteiger partial charge < -0.3 is 0 Å². The lowest BCUT2D eigenvalue weighted by molar-refractivity contribution is 0.0950. The summed E-state index contributed by atoms with van der Waals surface area (Å²) in [6, 6.07) is 8.66. The van der Waals surface area contributed by atoms with E-state index in [0.717, 1.165) is 5.56 Å². The van der Waals surface area contributed by atoms with Gasteiger partial charge in [0.15, 0.2) is 0 Å². The van der Waals surface area contributed by atoms with Crippen LogP contribution in [0.4, 0.5) is 0 Å². The quantitative estimate of drug-likeness (QED) is 0.643. The number of benzene rings is 1. The van der Waals surface area contributed by atoms with Gasteiger partial charge in [0, 0.05) is 11.2 Å². The minimum Gasteiger partial charge on any atom is -0.273 e. The minimum atomic E-state index is -0.340. The second-order valence-corrected chi connectivity index (χ2v) is 3.66. The molecule has 5 nitrogen and oxygen atoms in total. The van der Waals surface area contributed by atoms with Gasteiger partial charge >= 0.3 is 0 Å². The van der Waals surface area contributed by atoms with Gasteiger partial charge in [-0.1, -0.05) is 23.7 Å². The number of H-pyrrole nitrogens is 1. The van der Waals surface area contributed by atoms with Crippen LogP contribution in [0.3, 0.4) is 0 Å². The van der Waals surface area contributed by atoms with E-state index in [9.17, 15) is 4.79 Å². The Kier molecular flexibility index (Phi) is 3.52. The Morgan fingerprint density at radius 1 is 1.35 bits per heavy atom. The van der Waals surface area contributed by atoms with Crippen LogP contribution >= 0.6 is 11.6 Å². The number of rotatable bonds is 3. The van der Waals surface area contributed by atoms with E-state index in [1.807, 2.05) is 0 Å². The van der Waals surface area contributed by atoms with Crippen molar-refractivity contribution in [3.63, 3.8) is 0 Å². The SMILES string of the molecule is O=C(N/N=C/c1ccc(Cl)cc1)c1ccn[nH]1. The van der Waals surface area contributed by atoms with Gasteiger partial charge in [0.25, 0.3) is 5.91 Å². The van der Waals surface area contributed by atoms with Crippen molar-refractivity contribution in [2.24, 2.45) is 5.10 Å². The van der Waals surface area contributed by atoms with Gasteiger partial charge in [-0.2, -0.15) is 10.2 Å². The van der Waals surface area contributed by atoms with Crippen LogP contribution in [-0.4, -0.2) is 22.3 Å². The fourth-order valence-electron chi connectivity index (χ4n) is 1.16. The fourth-order valence-corrected chi connectivity index (χ4v) is 1.28. The zero-order valence-electron chi connectivity index (χ0n) is 8.72. The summed E-state index contributed by atoms with van der Waals surface area (Å²) in [5, 5.41) is 10.7. The van der Waals surface area contributed by atoms with Crippen molar-refractivity contribution in [2.75, 3.05) is 0 Å². The van der Waals surface area contributed by atoms with E-state index < -0.39 is 0 Å². The zero-order chi connectivity index (χ0) is 12.1. The van der Waals surface area contributed by atoms with E-state index in [4.69, 9.17) is 11.6 Å². The summed E-state index contributed by atoms with van der Waals surface area (Å²) in [4.78, 5) is 11.4. The molecule has 2 aromatic rings. The lowest BCUT2D eigenvalue weighted by Gasteiger charge is -1.96. The van der Waals surface area contributed by atoms with Gasteiger partial charge in [0.2, 0.25) is 0 Å². The molecule has 0 radical (unpaired) electrons. The average Bonchev–Trinajstić information content (AvgIpc) is 2.85. The highest BCUT2D eigenvalue weighted by molar-refractivity contribution is 6.30. The van der Waals surface area contributed by atoms with Gasteiger partial charge in [-0.3, -0.25) is 9.89 Å². The highest BCUT2D eigenvalue weighted by Gasteiger charge is 2.03. The molecule has 1 aromatic heterocycles. The molecule has 0 unspecified atom stereocenters. The topological polar surface area (TPSA) is 70.1 Å². The molecule has 0 atom stereocenters. The van der Waals surface area contributed by atoms with Crippen LogP contribution in [-0.2, 0) is 0 Å². The smallest absolute Gasteiger partial charge is 0.273 e. The number of nitrogens with zero attached hydrogens (tertiary/aromatic N) is 2. The first kappa shape index (κ1) is 11.3. The van der Waals surface area contributed by atoms with E-state index in [1.165, 1.54) is 12.4 Å². The number of nitrogens with one attached hydrogen (secondary N) is 2. The number of aromatic nitrogens is 2. The van der Waals surface area contributed by atoms with E-state index >= 15 is 0 Å². The molecule has 0 aliphatic rings. The molecule has 0 bridgehead atoms. The van der Waals surface area contributed by atoms with Crippen LogP contribution in [0.25, 0.3) is 0 Å². The molecule has 17 heavy (non-hydrogen) atoms. The molecule has 0 saturated carbocycles. The third-order valence-electron chi connectivity index (χ3n) is 2.00. The summed E-state index contributed by atoms with van der Waals surface area (Å²) >= 11 is 5.74. The largest absolute Gasteiger partial charge is 0.289 e. The van der Waals surface area contributed by atoms with E-state index in [1.54, 1.807) is 30.3 Å². The minimum absolute atomic E-state index is 0.340. The van der Waals surface area contributed by atoms with E-state index in [-0.39, 0.29) is 5.91 Å². The van der Waals surface area contributed by atoms with E-state index in [0.29, 0.717) is 10.7 Å². The lowest BCUT2D eigenvalue weighted by atomic mass is 10.2. The summed E-state index contributed by atoms with van der Waals surface area (Å²) < 4.78 is 0. The summed E-state index contributed by atoms with van der Waals surface area (Å²) in [5.74, 6) is -0.340. The second-order valence-electron chi connectivity index (χ2n) is 3.22. The highest BCUT2D eigenvalue weighted by atomic mass is 35.5. The predicted octanol–water partition coefficient (Wildman–Crippen LogP) is 1.83. The van der Waals surface area contributed by atoms with Gasteiger partial charge in [-0.15, -0.1) is 0 Å². The average molecular weight is 249 g/mol. The second kappa shape index (κ2) is 5.27. The number of hydrogen-bond acceptors (Lipinski definition) is 3. The third-order valence-corrected chi connectivity index (χ3v) is 2.25. The molecule has 0 saturated heterocycles. The van der Waals surface area contributed by atoms with Gasteiger partial charge in [-0.05, 0) is 23.8 Å². The monoisotopic (exact) mass is 248 g/mol. The summed E-state index contributed by atoms with van der Waals surface area (Å²) in [5.41, 5.74) is 3.58. The van der Waals surface area contributed by atoms with Gasteiger partial charge in [0.05, 0.1) is 6.21 Å². The van der Waals surface area contributed by atoms with Crippen molar-refractivity contribution in [3.8, 4) is 0 Å². The van der Waals surface area contributed by atoms with Gasteiger partial charge in [-0.25, -0.2) is 5.43 Å². The highest BCUT2D eigenvalue weighted by Crippen LogP contribution is 2.07. The molecule has 0 spiro atoms. The fraction of sp³-hybridized carbons (Fsp3) is 0. The molecule has 1 aromatic carbocycles.